The van der Waals surface area contributed by atoms with Crippen LogP contribution in [0.25, 0.3) is 0 Å². The van der Waals surface area contributed by atoms with E-state index in [0.29, 0.717) is 30.5 Å². The van der Waals surface area contributed by atoms with Crippen LogP contribution in [0.2, 0.25) is 0 Å². The first kappa shape index (κ1) is 19.5. The van der Waals surface area contributed by atoms with Crippen LogP contribution in [0, 0.1) is 5.82 Å². The third kappa shape index (κ3) is 5.88. The Morgan fingerprint density at radius 3 is 2.92 bits per heavy atom. The summed E-state index contributed by atoms with van der Waals surface area (Å²) >= 11 is 0. The van der Waals surface area contributed by atoms with Crippen molar-refractivity contribution >= 4 is 5.71 Å². The molecule has 6 nitrogen and oxygen atoms in total. The highest BCUT2D eigenvalue weighted by molar-refractivity contribution is 6.11. The van der Waals surface area contributed by atoms with Gasteiger partial charge in [0.05, 0.1) is 12.8 Å². The Morgan fingerprint density at radius 1 is 1.52 bits per heavy atom. The highest BCUT2D eigenvalue weighted by Crippen LogP contribution is 2.21. The number of hydroxylamine groups is 1. The fourth-order valence-electron chi connectivity index (χ4n) is 2.53. The summed E-state index contributed by atoms with van der Waals surface area (Å²) in [5, 5.41) is 3.46. The van der Waals surface area contributed by atoms with Gasteiger partial charge in [-0.25, -0.2) is 9.87 Å². The van der Waals surface area contributed by atoms with Crippen LogP contribution in [0.5, 0.6) is 0 Å². The van der Waals surface area contributed by atoms with Gasteiger partial charge in [-0.15, -0.1) is 0 Å². The molecule has 0 aromatic carbocycles. The number of nitrogens with zero attached hydrogens (tertiary/aromatic N) is 2. The highest BCUT2D eigenvalue weighted by Gasteiger charge is 2.25. The zero-order valence-corrected chi connectivity index (χ0v) is 15.2. The van der Waals surface area contributed by atoms with Crippen molar-refractivity contribution in [3.8, 4) is 0 Å². The van der Waals surface area contributed by atoms with Crippen LogP contribution in [-0.4, -0.2) is 43.0 Å². The quantitative estimate of drug-likeness (QED) is 0.341. The molecule has 1 saturated carbocycles. The van der Waals surface area contributed by atoms with Crippen molar-refractivity contribution in [1.29, 1.82) is 0 Å². The number of nitrogens with two attached hydrogens (primary N) is 1. The summed E-state index contributed by atoms with van der Waals surface area (Å²) in [6.45, 7) is 5.08. The molecule has 0 bridgehead atoms. The van der Waals surface area contributed by atoms with Crippen molar-refractivity contribution in [2.75, 3.05) is 20.2 Å². The van der Waals surface area contributed by atoms with Crippen molar-refractivity contribution in [2.45, 2.75) is 45.2 Å². The Balaban J connectivity index is 2.23. The van der Waals surface area contributed by atoms with Crippen LogP contribution in [-0.2, 0) is 4.84 Å². The van der Waals surface area contributed by atoms with Gasteiger partial charge in [-0.1, -0.05) is 0 Å². The van der Waals surface area contributed by atoms with Crippen molar-refractivity contribution in [2.24, 2.45) is 10.7 Å². The normalized spacial score (nSPS) is 17.4. The Bertz CT molecular complexity index is 628. The van der Waals surface area contributed by atoms with Crippen LogP contribution in [0.1, 0.15) is 38.8 Å². The van der Waals surface area contributed by atoms with Gasteiger partial charge in [-0.05, 0) is 50.8 Å². The molecule has 25 heavy (non-hydrogen) atoms. The largest absolute Gasteiger partial charge is 0.400 e. The van der Waals surface area contributed by atoms with Gasteiger partial charge in [0.2, 0.25) is 0 Å². The maximum absolute atomic E-state index is 14.3. The van der Waals surface area contributed by atoms with E-state index >= 15 is 0 Å². The lowest BCUT2D eigenvalue weighted by Crippen LogP contribution is -2.35. The Morgan fingerprint density at radius 2 is 2.28 bits per heavy atom. The number of allylic oxidation sites excluding steroid dienone is 1. The lowest BCUT2D eigenvalue weighted by Gasteiger charge is -2.18. The zero-order valence-electron chi connectivity index (χ0n) is 15.2. The van der Waals surface area contributed by atoms with Gasteiger partial charge >= 0.3 is 0 Å². The van der Waals surface area contributed by atoms with E-state index in [-0.39, 0.29) is 11.7 Å². The molecule has 4 N–H and O–H groups in total. The van der Waals surface area contributed by atoms with Crippen LogP contribution >= 0.6 is 0 Å². The van der Waals surface area contributed by atoms with Gasteiger partial charge < -0.3 is 15.9 Å². The summed E-state index contributed by atoms with van der Waals surface area (Å²) in [5.41, 5.74) is 11.3. The van der Waals surface area contributed by atoms with E-state index in [1.807, 2.05) is 13.8 Å². The minimum Gasteiger partial charge on any atom is -0.400 e. The Hall–Kier alpha value is -1.83. The first-order chi connectivity index (χ1) is 12.0. The molecular formula is C18H28FN5O. The third-order valence-corrected chi connectivity index (χ3v) is 4.15. The summed E-state index contributed by atoms with van der Waals surface area (Å²) < 4.78 is 14.3. The zero-order chi connectivity index (χ0) is 18.2. The van der Waals surface area contributed by atoms with Gasteiger partial charge in [0.25, 0.3) is 0 Å². The molecule has 1 aromatic rings. The molecule has 1 aliphatic carbocycles. The third-order valence-electron chi connectivity index (χ3n) is 4.15. The van der Waals surface area contributed by atoms with Crippen molar-refractivity contribution in [3.05, 3.63) is 41.1 Å². The van der Waals surface area contributed by atoms with Crippen LogP contribution in [0.3, 0.4) is 0 Å². The molecule has 1 fully saturated rings. The first-order valence-electron chi connectivity index (χ1n) is 8.68. The lowest BCUT2D eigenvalue weighted by atomic mass is 10.0. The van der Waals surface area contributed by atoms with E-state index in [0.717, 1.165) is 12.0 Å². The maximum Gasteiger partial charge on any atom is 0.151 e. The van der Waals surface area contributed by atoms with Crippen LogP contribution < -0.4 is 16.5 Å². The molecule has 1 unspecified atom stereocenters. The van der Waals surface area contributed by atoms with Crippen molar-refractivity contribution in [3.63, 3.8) is 0 Å². The molecule has 0 aliphatic heterocycles. The van der Waals surface area contributed by atoms with E-state index in [1.165, 1.54) is 18.9 Å². The summed E-state index contributed by atoms with van der Waals surface area (Å²) in [7, 11) is 1.57. The van der Waals surface area contributed by atoms with Crippen LogP contribution in [0.4, 0.5) is 4.39 Å². The Kier molecular flexibility index (Phi) is 7.49. The molecule has 7 heteroatoms. The molecule has 1 aliphatic rings. The van der Waals surface area contributed by atoms with E-state index < -0.39 is 5.82 Å². The topological polar surface area (TPSA) is 84.6 Å². The molecule has 0 saturated heterocycles. The average Bonchev–Trinajstić information content (AvgIpc) is 3.42. The number of aromatic nitrogens is 1. The summed E-state index contributed by atoms with van der Waals surface area (Å²) in [4.78, 5) is 13.6. The number of nitrogens with one attached hydrogen (secondary N) is 2. The molecule has 0 radical (unpaired) electrons. The van der Waals surface area contributed by atoms with Gasteiger partial charge in [-0.2, -0.15) is 0 Å². The first-order valence-corrected chi connectivity index (χ1v) is 8.68. The second kappa shape index (κ2) is 9.60. The molecule has 0 amide bonds. The summed E-state index contributed by atoms with van der Waals surface area (Å²) in [6, 6.07) is 3.51. The number of hydrogen-bond acceptors (Lipinski definition) is 6. The lowest BCUT2D eigenvalue weighted by molar-refractivity contribution is 0.0915. The number of hydrogen-bond donors (Lipinski definition) is 3. The smallest absolute Gasteiger partial charge is 0.151 e. The average molecular weight is 349 g/mol. The second-order valence-corrected chi connectivity index (χ2v) is 6.26. The predicted octanol–water partition coefficient (Wildman–Crippen LogP) is 1.92. The van der Waals surface area contributed by atoms with E-state index in [1.54, 1.807) is 19.4 Å². The van der Waals surface area contributed by atoms with Crippen LogP contribution in [0.15, 0.2) is 34.6 Å². The molecule has 2 rings (SSSR count). The standard InChI is InChI=1S/C18H28FN5O/c1-12(16(20)13(2)24-14-7-8-14)17(21-10-5-11-23-25-3)18-15(19)6-4-9-22-18/h4,6,9,13-14,23-24H,5,7-8,10-11,20H2,1-3H3. The SMILES string of the molecule is CONCCCN=C(C(C)=C(N)C(C)NC1CC1)c1ncccc1F. The molecule has 1 aromatic heterocycles. The minimum absolute atomic E-state index is 0.0135. The molecule has 138 valence electrons. The van der Waals surface area contributed by atoms with Gasteiger partial charge in [0, 0.05) is 37.1 Å². The summed E-state index contributed by atoms with van der Waals surface area (Å²) in [5.74, 6) is -0.397. The fourth-order valence-corrected chi connectivity index (χ4v) is 2.53. The number of halogens is 1. The molecular weight excluding hydrogens is 321 g/mol. The number of pyridine rings is 1. The van der Waals surface area contributed by atoms with Crippen molar-refractivity contribution in [1.82, 2.24) is 15.8 Å². The van der Waals surface area contributed by atoms with E-state index in [4.69, 9.17) is 10.6 Å². The Labute approximate surface area is 148 Å². The molecule has 1 heterocycles. The monoisotopic (exact) mass is 349 g/mol. The van der Waals surface area contributed by atoms with Gasteiger partial charge in [0.15, 0.2) is 5.82 Å². The maximum atomic E-state index is 14.3. The van der Waals surface area contributed by atoms with E-state index in [9.17, 15) is 4.39 Å². The fraction of sp³-hybridized carbons (Fsp3) is 0.556. The summed E-state index contributed by atoms with van der Waals surface area (Å²) in [6.07, 6.45) is 4.68. The molecule has 0 spiro atoms. The number of aliphatic imine (C=N–C) groups is 1. The number of rotatable bonds is 10. The van der Waals surface area contributed by atoms with Crippen molar-refractivity contribution < 1.29 is 9.23 Å². The van der Waals surface area contributed by atoms with Gasteiger partial charge in [-0.3, -0.25) is 9.98 Å². The second-order valence-electron chi connectivity index (χ2n) is 6.26. The minimum atomic E-state index is -0.397. The van der Waals surface area contributed by atoms with Gasteiger partial charge in [0.1, 0.15) is 5.69 Å². The molecule has 1 atom stereocenters. The highest BCUT2D eigenvalue weighted by atomic mass is 19.1. The van der Waals surface area contributed by atoms with E-state index in [2.05, 4.69) is 20.8 Å². The predicted molar refractivity (Wildman–Crippen MR) is 97.7 cm³/mol.